The van der Waals surface area contributed by atoms with Crippen molar-refractivity contribution in [2.45, 2.75) is 119 Å². The van der Waals surface area contributed by atoms with Crippen LogP contribution < -0.4 is 9.47 Å². The third-order valence-electron chi connectivity index (χ3n) is 8.07. The Bertz CT molecular complexity index is 1120. The van der Waals surface area contributed by atoms with Gasteiger partial charge in [-0.1, -0.05) is 0 Å². The maximum absolute atomic E-state index is 10.2. The Hall–Kier alpha value is -1.43. The van der Waals surface area contributed by atoms with Crippen molar-refractivity contribution in [2.24, 2.45) is 0 Å². The Kier molecular flexibility index (Phi) is 15.9. The van der Waals surface area contributed by atoms with Gasteiger partial charge in [0.25, 0.3) is 0 Å². The predicted octanol–water partition coefficient (Wildman–Crippen LogP) is 11.1. The first-order chi connectivity index (χ1) is 19.6. The van der Waals surface area contributed by atoms with Crippen LogP contribution in [0.5, 0.6) is 17.2 Å². The summed E-state index contributed by atoms with van der Waals surface area (Å²) in [4.78, 5) is 0. The summed E-state index contributed by atoms with van der Waals surface area (Å²) in [6.07, 6.45) is 13.3. The first-order valence-electron chi connectivity index (χ1n) is 15.8. The van der Waals surface area contributed by atoms with E-state index in [0.717, 1.165) is 35.3 Å². The van der Waals surface area contributed by atoms with Crippen LogP contribution in [0.4, 0.5) is 0 Å². The molecule has 0 atom stereocenters. The standard InChI is InChI=1S/C24H28ClO3.3C4H9.Sn/c1-6-9-20-15-22(21(25)13-17(20)4)28-24-18(5)12-19(10-7-8-11-26)14-23(24)27-16(2)3;3*1-3-4-2;/h6,8,12-16,26H,1,9-11H2,2-5H3;3*1,3-4H2,2H3;. The molecule has 0 aliphatic carbocycles. The van der Waals surface area contributed by atoms with Crippen LogP contribution in [-0.2, 0) is 12.8 Å². The van der Waals surface area contributed by atoms with Crippen molar-refractivity contribution >= 4 is 30.0 Å². The van der Waals surface area contributed by atoms with Gasteiger partial charge in [-0.15, -0.1) is 6.58 Å². The summed E-state index contributed by atoms with van der Waals surface area (Å²) < 4.78 is 18.6. The zero-order valence-electron chi connectivity index (χ0n) is 26.9. The Morgan fingerprint density at radius 3 is 2.05 bits per heavy atom. The molecule has 5 heteroatoms. The van der Waals surface area contributed by atoms with Crippen LogP contribution in [0.1, 0.15) is 95.4 Å². The van der Waals surface area contributed by atoms with Gasteiger partial charge < -0.3 is 0 Å². The van der Waals surface area contributed by atoms with Crippen LogP contribution in [0, 0.1) is 13.8 Å². The molecule has 2 aromatic rings. The number of halogens is 1. The van der Waals surface area contributed by atoms with Gasteiger partial charge in [-0.25, -0.2) is 0 Å². The van der Waals surface area contributed by atoms with Gasteiger partial charge in [0.2, 0.25) is 0 Å². The van der Waals surface area contributed by atoms with Crippen LogP contribution in [0.25, 0.3) is 0 Å². The van der Waals surface area contributed by atoms with E-state index in [1.807, 2.05) is 32.1 Å². The van der Waals surface area contributed by atoms with E-state index in [4.69, 9.17) is 21.1 Å². The fourth-order valence-corrected chi connectivity index (χ4v) is 23.0. The van der Waals surface area contributed by atoms with Crippen molar-refractivity contribution in [1.29, 1.82) is 0 Å². The van der Waals surface area contributed by atoms with Crippen LogP contribution in [0.2, 0.25) is 18.3 Å². The second-order valence-electron chi connectivity index (χ2n) is 11.9. The molecule has 2 rings (SSSR count). The number of allylic oxidation sites excluding steroid dienone is 2. The van der Waals surface area contributed by atoms with Gasteiger partial charge in [0.1, 0.15) is 0 Å². The molecule has 3 nitrogen and oxygen atoms in total. The van der Waals surface area contributed by atoms with Crippen LogP contribution >= 0.6 is 11.6 Å². The minimum absolute atomic E-state index is 0.00111. The molecule has 2 aromatic carbocycles. The number of hydrogen-bond donors (Lipinski definition) is 1. The average Bonchev–Trinajstić information content (AvgIpc) is 2.92. The van der Waals surface area contributed by atoms with E-state index < -0.39 is 18.4 Å². The van der Waals surface area contributed by atoms with Crippen molar-refractivity contribution in [3.05, 3.63) is 73.9 Å². The second kappa shape index (κ2) is 18.3. The summed E-state index contributed by atoms with van der Waals surface area (Å²) in [6, 6.07) is 8.39. The number of rotatable bonds is 19. The second-order valence-corrected chi connectivity index (χ2v) is 25.7. The van der Waals surface area contributed by atoms with E-state index in [0.29, 0.717) is 16.5 Å². The van der Waals surface area contributed by atoms with Crippen molar-refractivity contribution in [3.8, 4) is 17.2 Å². The van der Waals surface area contributed by atoms with Crippen molar-refractivity contribution in [1.82, 2.24) is 0 Å². The van der Waals surface area contributed by atoms with E-state index in [2.05, 4.69) is 59.4 Å². The topological polar surface area (TPSA) is 38.7 Å². The van der Waals surface area contributed by atoms with Crippen molar-refractivity contribution in [2.75, 3.05) is 6.61 Å². The summed E-state index contributed by atoms with van der Waals surface area (Å²) in [7, 11) is 0. The number of unbranched alkanes of at least 4 members (excludes halogenated alkanes) is 3. The molecule has 228 valence electrons. The van der Waals surface area contributed by atoms with Crippen LogP contribution in [0.3, 0.4) is 0 Å². The maximum atomic E-state index is 10.2. The monoisotopic (exact) mass is 690 g/mol. The predicted molar refractivity (Wildman–Crippen MR) is 181 cm³/mol. The summed E-state index contributed by atoms with van der Waals surface area (Å²) in [5.74, 6) is 2.09. The van der Waals surface area contributed by atoms with Crippen LogP contribution in [0.15, 0.2) is 46.6 Å². The molecule has 0 aliphatic rings. The summed E-state index contributed by atoms with van der Waals surface area (Å²) >= 11 is 3.94. The molecule has 0 amide bonds. The number of aryl methyl sites for hydroxylation is 2. The minimum atomic E-state index is -2.71. The molecule has 0 fully saturated rings. The van der Waals surface area contributed by atoms with Gasteiger partial charge in [0.15, 0.2) is 0 Å². The van der Waals surface area contributed by atoms with E-state index in [1.165, 1.54) is 57.4 Å². The van der Waals surface area contributed by atoms with E-state index >= 15 is 0 Å². The van der Waals surface area contributed by atoms with E-state index in [1.54, 1.807) is 3.59 Å². The third-order valence-corrected chi connectivity index (χ3v) is 24.6. The molecular formula is C36H55ClO3Sn. The fraction of sp³-hybridized carbons (Fsp3) is 0.556. The van der Waals surface area contributed by atoms with Gasteiger partial charge in [-0.2, -0.15) is 0 Å². The molecule has 0 spiro atoms. The Labute approximate surface area is 260 Å². The normalized spacial score (nSPS) is 12.2. The SMILES string of the molecule is C=CCc1cc(Oc2c(C)cc(C/[C](=C\CO)[Sn]([CH2]CCC)([CH2]CCC)[CH2]CCC)cc2OC(C)C)c(Cl)cc1C. The molecule has 0 saturated carbocycles. The summed E-state index contributed by atoms with van der Waals surface area (Å²) in [5.41, 5.74) is 4.53. The van der Waals surface area contributed by atoms with Gasteiger partial charge >= 0.3 is 255 Å². The number of aliphatic hydroxyl groups is 1. The van der Waals surface area contributed by atoms with Gasteiger partial charge in [0, 0.05) is 0 Å². The number of ether oxygens (including phenoxy) is 2. The molecular weight excluding hydrogens is 635 g/mol. The van der Waals surface area contributed by atoms with Gasteiger partial charge in [-0.05, 0) is 0 Å². The average molecular weight is 690 g/mol. The molecule has 0 bridgehead atoms. The number of benzene rings is 2. The zero-order valence-corrected chi connectivity index (χ0v) is 30.5. The van der Waals surface area contributed by atoms with E-state index in [-0.39, 0.29) is 12.7 Å². The molecule has 0 radical (unpaired) electrons. The molecule has 0 heterocycles. The number of hydrogen-bond acceptors (Lipinski definition) is 3. The summed E-state index contributed by atoms with van der Waals surface area (Å²) in [5, 5.41) is 10.8. The Balaban J connectivity index is 2.58. The first-order valence-corrected chi connectivity index (χ1v) is 23.7. The van der Waals surface area contributed by atoms with Gasteiger partial charge in [-0.3, -0.25) is 0 Å². The third kappa shape index (κ3) is 10.7. The quantitative estimate of drug-likeness (QED) is 0.118. The molecule has 0 aromatic heterocycles. The zero-order chi connectivity index (χ0) is 30.4. The van der Waals surface area contributed by atoms with Crippen molar-refractivity contribution < 1.29 is 14.6 Å². The Morgan fingerprint density at radius 2 is 1.54 bits per heavy atom. The van der Waals surface area contributed by atoms with Crippen molar-refractivity contribution in [3.63, 3.8) is 0 Å². The fourth-order valence-electron chi connectivity index (χ4n) is 5.85. The van der Waals surface area contributed by atoms with Crippen LogP contribution in [-0.4, -0.2) is 36.2 Å². The molecule has 0 aliphatic heterocycles. The number of aliphatic hydroxyl groups excluding tert-OH is 1. The first kappa shape index (κ1) is 35.8. The van der Waals surface area contributed by atoms with Gasteiger partial charge in [0.05, 0.1) is 0 Å². The molecule has 1 N–H and O–H groups in total. The van der Waals surface area contributed by atoms with E-state index in [9.17, 15) is 5.11 Å². The molecule has 0 unspecified atom stereocenters. The molecule has 41 heavy (non-hydrogen) atoms. The summed E-state index contributed by atoms with van der Waals surface area (Å²) in [6.45, 7) is 19.2. The molecule has 0 saturated heterocycles. The Morgan fingerprint density at radius 1 is 0.927 bits per heavy atom.